The van der Waals surface area contributed by atoms with Crippen LogP contribution in [0.3, 0.4) is 0 Å². The zero-order chi connectivity index (χ0) is 13.8. The van der Waals surface area contributed by atoms with Gasteiger partial charge in [0.05, 0.1) is 18.9 Å². The van der Waals surface area contributed by atoms with E-state index in [0.29, 0.717) is 5.69 Å². The van der Waals surface area contributed by atoms with E-state index >= 15 is 0 Å². The second-order valence-electron chi connectivity index (χ2n) is 5.07. The van der Waals surface area contributed by atoms with Crippen molar-refractivity contribution >= 4 is 11.4 Å². The van der Waals surface area contributed by atoms with Crippen LogP contribution in [0.25, 0.3) is 0 Å². The number of nitrogen functional groups attached to an aromatic ring is 1. The Bertz CT molecular complexity index is 415. The van der Waals surface area contributed by atoms with E-state index < -0.39 is 0 Å². The summed E-state index contributed by atoms with van der Waals surface area (Å²) >= 11 is 0. The molecule has 1 atom stereocenters. The van der Waals surface area contributed by atoms with Gasteiger partial charge in [0, 0.05) is 44.5 Å². The number of piperazine rings is 1. The first-order valence-electron chi connectivity index (χ1n) is 6.69. The predicted molar refractivity (Wildman–Crippen MR) is 77.7 cm³/mol. The Morgan fingerprint density at radius 2 is 2.00 bits per heavy atom. The van der Waals surface area contributed by atoms with Crippen molar-refractivity contribution in [3.8, 4) is 5.75 Å². The fourth-order valence-corrected chi connectivity index (χ4v) is 2.50. The van der Waals surface area contributed by atoms with E-state index in [0.717, 1.165) is 44.2 Å². The number of benzene rings is 1. The zero-order valence-corrected chi connectivity index (χ0v) is 11.7. The average Bonchev–Trinajstić information content (AvgIpc) is 2.39. The maximum absolute atomic E-state index is 9.41. The standard InChI is InChI=1S/C14H23N3O2/c1-11(18)10-16-5-7-17(8-6-16)13-4-3-12(15)9-14(13)19-2/h3-4,9,11,18H,5-8,10,15H2,1-2H3/t11-/m0/s1. The number of aliphatic hydroxyl groups is 1. The van der Waals surface area contributed by atoms with Gasteiger partial charge < -0.3 is 20.5 Å². The van der Waals surface area contributed by atoms with Crippen LogP contribution in [0.4, 0.5) is 11.4 Å². The number of hydrogen-bond acceptors (Lipinski definition) is 5. The summed E-state index contributed by atoms with van der Waals surface area (Å²) in [5.41, 5.74) is 7.58. The molecule has 0 radical (unpaired) electrons. The lowest BCUT2D eigenvalue weighted by molar-refractivity contribution is 0.122. The van der Waals surface area contributed by atoms with E-state index in [1.54, 1.807) is 7.11 Å². The molecular weight excluding hydrogens is 242 g/mol. The Balaban J connectivity index is 2.01. The summed E-state index contributed by atoms with van der Waals surface area (Å²) < 4.78 is 5.40. The molecule has 1 aliphatic heterocycles. The summed E-state index contributed by atoms with van der Waals surface area (Å²) in [5.74, 6) is 0.823. The second kappa shape index (κ2) is 6.12. The number of hydrogen-bond donors (Lipinski definition) is 2. The molecule has 5 heteroatoms. The molecule has 1 aromatic rings. The van der Waals surface area contributed by atoms with Crippen molar-refractivity contribution < 1.29 is 9.84 Å². The number of nitrogens with zero attached hydrogens (tertiary/aromatic N) is 2. The van der Waals surface area contributed by atoms with Gasteiger partial charge in [-0.25, -0.2) is 0 Å². The van der Waals surface area contributed by atoms with Gasteiger partial charge in [0.2, 0.25) is 0 Å². The molecule has 1 aliphatic rings. The van der Waals surface area contributed by atoms with Crippen LogP contribution in [0.5, 0.6) is 5.75 Å². The van der Waals surface area contributed by atoms with Gasteiger partial charge in [0.15, 0.2) is 0 Å². The largest absolute Gasteiger partial charge is 0.495 e. The van der Waals surface area contributed by atoms with Crippen LogP contribution in [0, 0.1) is 0 Å². The Kier molecular flexibility index (Phi) is 4.50. The van der Waals surface area contributed by atoms with Crippen LogP contribution in [-0.4, -0.2) is 55.9 Å². The van der Waals surface area contributed by atoms with E-state index in [4.69, 9.17) is 10.5 Å². The molecule has 0 spiro atoms. The highest BCUT2D eigenvalue weighted by molar-refractivity contribution is 5.64. The molecule has 0 aromatic heterocycles. The summed E-state index contributed by atoms with van der Waals surface area (Å²) in [4.78, 5) is 4.59. The van der Waals surface area contributed by atoms with Gasteiger partial charge in [-0.15, -0.1) is 0 Å². The molecule has 1 aromatic carbocycles. The molecule has 2 rings (SSSR count). The molecule has 0 saturated carbocycles. The first-order chi connectivity index (χ1) is 9.10. The van der Waals surface area contributed by atoms with Crippen molar-refractivity contribution in [2.45, 2.75) is 13.0 Å². The van der Waals surface area contributed by atoms with Gasteiger partial charge in [0.1, 0.15) is 5.75 Å². The van der Waals surface area contributed by atoms with Gasteiger partial charge in [-0.1, -0.05) is 0 Å². The van der Waals surface area contributed by atoms with Gasteiger partial charge in [-0.05, 0) is 19.1 Å². The molecule has 1 heterocycles. The molecule has 0 unspecified atom stereocenters. The molecule has 1 fully saturated rings. The van der Waals surface area contributed by atoms with Crippen molar-refractivity contribution in [1.29, 1.82) is 0 Å². The summed E-state index contributed by atoms with van der Waals surface area (Å²) in [6.07, 6.45) is -0.266. The molecule has 19 heavy (non-hydrogen) atoms. The van der Waals surface area contributed by atoms with Crippen LogP contribution < -0.4 is 15.4 Å². The van der Waals surface area contributed by atoms with E-state index in [-0.39, 0.29) is 6.10 Å². The number of β-amino-alcohol motifs (C(OH)–C–C–N with tert-alkyl or cyclic N) is 1. The fraction of sp³-hybridized carbons (Fsp3) is 0.571. The van der Waals surface area contributed by atoms with Crippen molar-refractivity contribution in [3.63, 3.8) is 0 Å². The Morgan fingerprint density at radius 1 is 1.32 bits per heavy atom. The lowest BCUT2D eigenvalue weighted by atomic mass is 10.2. The Labute approximate surface area is 114 Å². The normalized spacial score (nSPS) is 18.4. The fourth-order valence-electron chi connectivity index (χ4n) is 2.50. The van der Waals surface area contributed by atoms with Crippen molar-refractivity contribution in [1.82, 2.24) is 4.90 Å². The first kappa shape index (κ1) is 14.0. The number of nitrogens with two attached hydrogens (primary N) is 1. The third kappa shape index (κ3) is 3.52. The molecule has 1 saturated heterocycles. The smallest absolute Gasteiger partial charge is 0.144 e. The van der Waals surface area contributed by atoms with Gasteiger partial charge in [-0.3, -0.25) is 4.90 Å². The molecule has 106 valence electrons. The van der Waals surface area contributed by atoms with E-state index in [1.165, 1.54) is 0 Å². The van der Waals surface area contributed by atoms with Crippen LogP contribution in [0.2, 0.25) is 0 Å². The molecular formula is C14H23N3O2. The minimum absolute atomic E-state index is 0.266. The number of ether oxygens (including phenoxy) is 1. The molecule has 0 amide bonds. The van der Waals surface area contributed by atoms with Crippen molar-refractivity contribution in [2.24, 2.45) is 0 Å². The SMILES string of the molecule is COc1cc(N)ccc1N1CCN(C[C@H](C)O)CC1. The summed E-state index contributed by atoms with van der Waals surface area (Å²) in [5, 5.41) is 9.41. The summed E-state index contributed by atoms with van der Waals surface area (Å²) in [7, 11) is 1.67. The van der Waals surface area contributed by atoms with E-state index in [2.05, 4.69) is 9.80 Å². The molecule has 0 aliphatic carbocycles. The summed E-state index contributed by atoms with van der Waals surface area (Å²) in [6, 6.07) is 5.77. The van der Waals surface area contributed by atoms with Gasteiger partial charge >= 0.3 is 0 Å². The highest BCUT2D eigenvalue weighted by Crippen LogP contribution is 2.30. The second-order valence-corrected chi connectivity index (χ2v) is 5.07. The minimum Gasteiger partial charge on any atom is -0.495 e. The van der Waals surface area contributed by atoms with E-state index in [1.807, 2.05) is 25.1 Å². The lowest BCUT2D eigenvalue weighted by Gasteiger charge is -2.37. The maximum atomic E-state index is 9.41. The highest BCUT2D eigenvalue weighted by Gasteiger charge is 2.20. The van der Waals surface area contributed by atoms with Crippen LogP contribution in [-0.2, 0) is 0 Å². The first-order valence-corrected chi connectivity index (χ1v) is 6.69. The quantitative estimate of drug-likeness (QED) is 0.788. The third-order valence-electron chi connectivity index (χ3n) is 3.44. The minimum atomic E-state index is -0.266. The van der Waals surface area contributed by atoms with Crippen molar-refractivity contribution in [3.05, 3.63) is 18.2 Å². The maximum Gasteiger partial charge on any atom is 0.144 e. The van der Waals surface area contributed by atoms with E-state index in [9.17, 15) is 5.11 Å². The predicted octanol–water partition coefficient (Wildman–Crippen LogP) is 0.780. The average molecular weight is 265 g/mol. The highest BCUT2D eigenvalue weighted by atomic mass is 16.5. The van der Waals surface area contributed by atoms with Gasteiger partial charge in [-0.2, -0.15) is 0 Å². The topological polar surface area (TPSA) is 62.0 Å². The number of rotatable bonds is 4. The Morgan fingerprint density at radius 3 is 2.58 bits per heavy atom. The zero-order valence-electron chi connectivity index (χ0n) is 11.7. The Hall–Kier alpha value is -1.46. The van der Waals surface area contributed by atoms with Gasteiger partial charge in [0.25, 0.3) is 0 Å². The number of anilines is 2. The summed E-state index contributed by atoms with van der Waals surface area (Å²) in [6.45, 7) is 6.36. The lowest BCUT2D eigenvalue weighted by Crippen LogP contribution is -2.48. The molecule has 0 bridgehead atoms. The molecule has 3 N–H and O–H groups in total. The third-order valence-corrected chi connectivity index (χ3v) is 3.44. The monoisotopic (exact) mass is 265 g/mol. The van der Waals surface area contributed by atoms with Crippen molar-refractivity contribution in [2.75, 3.05) is 50.5 Å². The van der Waals surface area contributed by atoms with Crippen LogP contribution in [0.1, 0.15) is 6.92 Å². The van der Waals surface area contributed by atoms with Crippen LogP contribution >= 0.6 is 0 Å². The number of methoxy groups -OCH3 is 1. The molecule has 5 nitrogen and oxygen atoms in total. The van der Waals surface area contributed by atoms with Crippen LogP contribution in [0.15, 0.2) is 18.2 Å². The number of aliphatic hydroxyl groups excluding tert-OH is 1.